The first-order valence-electron chi connectivity index (χ1n) is 9.52. The molecule has 1 aliphatic rings. The number of piperidine rings is 1. The number of hydrogen-bond donors (Lipinski definition) is 0. The van der Waals surface area contributed by atoms with Gasteiger partial charge in [-0.15, -0.1) is 0 Å². The minimum atomic E-state index is 0.0521. The van der Waals surface area contributed by atoms with Crippen LogP contribution in [-0.4, -0.2) is 39.8 Å². The van der Waals surface area contributed by atoms with E-state index in [1.807, 2.05) is 57.2 Å². The number of nitrogens with zero attached hydrogens (tertiary/aromatic N) is 3. The molecule has 4 nitrogen and oxygen atoms in total. The number of aromatic nitrogens is 2. The van der Waals surface area contributed by atoms with Crippen molar-refractivity contribution in [2.45, 2.75) is 40.7 Å². The Kier molecular flexibility index (Phi) is 6.11. The van der Waals surface area contributed by atoms with Crippen LogP contribution in [0.2, 0.25) is 5.02 Å². The van der Waals surface area contributed by atoms with E-state index >= 15 is 0 Å². The molecule has 2 heterocycles. The van der Waals surface area contributed by atoms with Crippen molar-refractivity contribution in [3.05, 3.63) is 68.8 Å². The number of aryl methyl sites for hydroxylation is 3. The van der Waals surface area contributed by atoms with Gasteiger partial charge in [0.1, 0.15) is 0 Å². The molecule has 28 heavy (non-hydrogen) atoms. The maximum Gasteiger partial charge on any atom is 0.187 e. The highest BCUT2D eigenvalue weighted by molar-refractivity contribution is 6.32. The quantitative estimate of drug-likeness (QED) is 0.699. The summed E-state index contributed by atoms with van der Waals surface area (Å²) in [6.07, 6.45) is 3.80. The lowest BCUT2D eigenvalue weighted by Gasteiger charge is -2.32. The summed E-state index contributed by atoms with van der Waals surface area (Å²) in [6, 6.07) is 7.90. The van der Waals surface area contributed by atoms with Gasteiger partial charge in [-0.25, -0.2) is 4.98 Å². The molecule has 0 bridgehead atoms. The normalized spacial score (nSPS) is 18.5. The average molecular weight is 396 g/mol. The van der Waals surface area contributed by atoms with E-state index in [0.29, 0.717) is 24.2 Å². The molecule has 3 rings (SSSR count). The van der Waals surface area contributed by atoms with Gasteiger partial charge in [0, 0.05) is 35.3 Å². The van der Waals surface area contributed by atoms with E-state index in [0.717, 1.165) is 39.5 Å². The number of rotatable bonds is 3. The molecule has 1 aromatic heterocycles. The molecular weight excluding hydrogens is 370 g/mol. The van der Waals surface area contributed by atoms with E-state index in [1.54, 1.807) is 0 Å². The van der Waals surface area contributed by atoms with Crippen molar-refractivity contribution >= 4 is 29.5 Å². The second-order valence-electron chi connectivity index (χ2n) is 7.55. The Balaban J connectivity index is 2.05. The fraction of sp³-hybridized carbons (Fsp3) is 0.348. The highest BCUT2D eigenvalue weighted by Gasteiger charge is 2.28. The summed E-state index contributed by atoms with van der Waals surface area (Å²) in [4.78, 5) is 24.7. The van der Waals surface area contributed by atoms with Crippen LogP contribution in [0.1, 0.15) is 42.2 Å². The van der Waals surface area contributed by atoms with Crippen molar-refractivity contribution in [3.8, 4) is 0 Å². The molecule has 2 aromatic rings. The Morgan fingerprint density at radius 3 is 2.21 bits per heavy atom. The molecule has 0 radical (unpaired) electrons. The van der Waals surface area contributed by atoms with E-state index in [9.17, 15) is 4.79 Å². The van der Waals surface area contributed by atoms with Gasteiger partial charge >= 0.3 is 0 Å². The molecule has 1 fully saturated rings. The number of benzene rings is 1. The van der Waals surface area contributed by atoms with Gasteiger partial charge in [-0.1, -0.05) is 29.8 Å². The fourth-order valence-electron chi connectivity index (χ4n) is 3.24. The third-order valence-corrected chi connectivity index (χ3v) is 5.47. The van der Waals surface area contributed by atoms with Gasteiger partial charge in [-0.3, -0.25) is 14.7 Å². The molecule has 5 heteroatoms. The van der Waals surface area contributed by atoms with E-state index in [1.165, 1.54) is 0 Å². The molecule has 0 spiro atoms. The monoisotopic (exact) mass is 395 g/mol. The number of halogens is 1. The topological polar surface area (TPSA) is 46.1 Å². The van der Waals surface area contributed by atoms with Crippen molar-refractivity contribution < 1.29 is 4.79 Å². The van der Waals surface area contributed by atoms with E-state index in [-0.39, 0.29) is 5.78 Å². The standard InChI is InChI=1S/C23H26ClN3O/c1-14(2)27-12-19(10-18-8-6-7-9-21(18)24)23(28)20(13-27)11-22-17(5)25-15(3)16(4)26-22/h6-11,14H,12-13H2,1-5H3/b19-10+,20-11+. The Labute approximate surface area is 172 Å². The highest BCUT2D eigenvalue weighted by atomic mass is 35.5. The maximum atomic E-state index is 13.2. The Morgan fingerprint density at radius 1 is 0.964 bits per heavy atom. The van der Waals surface area contributed by atoms with E-state index in [2.05, 4.69) is 28.7 Å². The van der Waals surface area contributed by atoms with Crippen LogP contribution in [0.5, 0.6) is 0 Å². The third-order valence-electron chi connectivity index (χ3n) is 5.12. The Bertz CT molecular complexity index is 976. The average Bonchev–Trinajstić information content (AvgIpc) is 2.64. The Hall–Kier alpha value is -2.30. The van der Waals surface area contributed by atoms with Gasteiger partial charge in [0.15, 0.2) is 5.78 Å². The Morgan fingerprint density at radius 2 is 1.57 bits per heavy atom. The van der Waals surface area contributed by atoms with Crippen molar-refractivity contribution in [3.63, 3.8) is 0 Å². The number of likely N-dealkylation sites (tertiary alicyclic amines) is 1. The molecule has 0 aliphatic carbocycles. The van der Waals surface area contributed by atoms with Crippen LogP contribution in [0.25, 0.3) is 12.2 Å². The van der Waals surface area contributed by atoms with Crippen molar-refractivity contribution in [2.24, 2.45) is 0 Å². The smallest absolute Gasteiger partial charge is 0.187 e. The van der Waals surface area contributed by atoms with Crippen molar-refractivity contribution in [1.82, 2.24) is 14.9 Å². The molecule has 0 unspecified atom stereocenters. The summed E-state index contributed by atoms with van der Waals surface area (Å²) < 4.78 is 0. The summed E-state index contributed by atoms with van der Waals surface area (Å²) in [5, 5.41) is 0.644. The first-order valence-corrected chi connectivity index (χ1v) is 9.90. The van der Waals surface area contributed by atoms with Crippen LogP contribution in [0.3, 0.4) is 0 Å². The van der Waals surface area contributed by atoms with Crippen molar-refractivity contribution in [1.29, 1.82) is 0 Å². The first kappa shape index (κ1) is 20.4. The predicted molar refractivity (Wildman–Crippen MR) is 115 cm³/mol. The largest absolute Gasteiger partial charge is 0.292 e. The molecule has 1 aromatic carbocycles. The summed E-state index contributed by atoms with van der Waals surface area (Å²) in [5.74, 6) is 0.0521. The summed E-state index contributed by atoms with van der Waals surface area (Å²) in [7, 11) is 0. The number of carbonyl (C=O) groups is 1. The van der Waals surface area contributed by atoms with Gasteiger partial charge in [0.05, 0.1) is 22.8 Å². The molecular formula is C23H26ClN3O. The van der Waals surface area contributed by atoms with Crippen LogP contribution in [-0.2, 0) is 4.79 Å². The SMILES string of the molecule is Cc1nc(C)c(/C=C2\CN(C(C)C)C/C(=C\c3ccccc3Cl)C2=O)nc1C. The minimum absolute atomic E-state index is 0.0521. The molecule has 146 valence electrons. The van der Waals surface area contributed by atoms with Crippen LogP contribution in [0.4, 0.5) is 0 Å². The minimum Gasteiger partial charge on any atom is -0.292 e. The lowest BCUT2D eigenvalue weighted by atomic mass is 9.94. The summed E-state index contributed by atoms with van der Waals surface area (Å²) in [6.45, 7) is 11.3. The highest BCUT2D eigenvalue weighted by Crippen LogP contribution is 2.26. The van der Waals surface area contributed by atoms with Crippen LogP contribution in [0.15, 0.2) is 35.4 Å². The number of carbonyl (C=O) groups excluding carboxylic acids is 1. The molecule has 1 aliphatic heterocycles. The number of ketones is 1. The zero-order chi connectivity index (χ0) is 20.4. The zero-order valence-electron chi connectivity index (χ0n) is 17.1. The molecule has 1 saturated heterocycles. The zero-order valence-corrected chi connectivity index (χ0v) is 17.8. The van der Waals surface area contributed by atoms with Gasteiger partial charge < -0.3 is 0 Å². The van der Waals surface area contributed by atoms with Gasteiger partial charge in [-0.05, 0) is 58.4 Å². The van der Waals surface area contributed by atoms with E-state index in [4.69, 9.17) is 11.6 Å². The summed E-state index contributed by atoms with van der Waals surface area (Å²) >= 11 is 6.31. The first-order chi connectivity index (χ1) is 13.3. The predicted octanol–water partition coefficient (Wildman–Crippen LogP) is 4.82. The van der Waals surface area contributed by atoms with E-state index < -0.39 is 0 Å². The van der Waals surface area contributed by atoms with Crippen LogP contribution >= 0.6 is 11.6 Å². The van der Waals surface area contributed by atoms with Crippen LogP contribution in [0, 0.1) is 20.8 Å². The van der Waals surface area contributed by atoms with Gasteiger partial charge in [0.2, 0.25) is 0 Å². The third kappa shape index (κ3) is 4.40. The maximum absolute atomic E-state index is 13.2. The number of Topliss-reactive ketones (excluding diaryl/α,β-unsaturated/α-hetero) is 1. The number of hydrogen-bond acceptors (Lipinski definition) is 4. The van der Waals surface area contributed by atoms with Crippen molar-refractivity contribution in [2.75, 3.05) is 13.1 Å². The molecule has 0 amide bonds. The molecule has 0 saturated carbocycles. The molecule has 0 N–H and O–H groups in total. The lowest BCUT2D eigenvalue weighted by Crippen LogP contribution is -2.41. The second kappa shape index (κ2) is 8.38. The lowest BCUT2D eigenvalue weighted by molar-refractivity contribution is -0.113. The van der Waals surface area contributed by atoms with Crippen LogP contribution < -0.4 is 0 Å². The fourth-order valence-corrected chi connectivity index (χ4v) is 3.43. The summed E-state index contributed by atoms with van der Waals surface area (Å²) in [5.41, 5.74) is 5.73. The van der Waals surface area contributed by atoms with Gasteiger partial charge in [0.25, 0.3) is 0 Å². The molecule has 0 atom stereocenters. The second-order valence-corrected chi connectivity index (χ2v) is 7.96. The van der Waals surface area contributed by atoms with Gasteiger partial charge in [-0.2, -0.15) is 0 Å².